The van der Waals surface area contributed by atoms with Gasteiger partial charge in [-0.25, -0.2) is 9.79 Å². The number of ether oxygens (including phenoxy) is 3. The fraction of sp³-hybridized carbons (Fsp3) is 0.524. The summed E-state index contributed by atoms with van der Waals surface area (Å²) in [5.74, 6) is 2.62. The summed E-state index contributed by atoms with van der Waals surface area (Å²) in [5, 5.41) is 0. The first-order chi connectivity index (χ1) is 12.6. The van der Waals surface area contributed by atoms with Crippen LogP contribution in [-0.4, -0.2) is 26.1 Å². The van der Waals surface area contributed by atoms with Crippen LogP contribution in [0.5, 0.6) is 11.5 Å². The van der Waals surface area contributed by atoms with Gasteiger partial charge in [0.2, 0.25) is 5.90 Å². The van der Waals surface area contributed by atoms with Gasteiger partial charge in [0.05, 0.1) is 14.2 Å². The minimum absolute atomic E-state index is 0.255. The Labute approximate surface area is 155 Å². The maximum Gasteiger partial charge on any atom is 0.363 e. The molecule has 0 aromatic heterocycles. The van der Waals surface area contributed by atoms with E-state index in [2.05, 4.69) is 11.9 Å². The molecule has 0 atom stereocenters. The molecule has 5 nitrogen and oxygen atoms in total. The molecular formula is C21H27NO4. The van der Waals surface area contributed by atoms with Crippen LogP contribution in [0.25, 0.3) is 6.08 Å². The Kier molecular flexibility index (Phi) is 5.96. The molecule has 1 aliphatic carbocycles. The Morgan fingerprint density at radius 3 is 2.62 bits per heavy atom. The first kappa shape index (κ1) is 18.5. The monoisotopic (exact) mass is 357 g/mol. The van der Waals surface area contributed by atoms with E-state index in [9.17, 15) is 4.79 Å². The summed E-state index contributed by atoms with van der Waals surface area (Å²) >= 11 is 0. The van der Waals surface area contributed by atoms with Crippen molar-refractivity contribution in [3.8, 4) is 11.5 Å². The summed E-state index contributed by atoms with van der Waals surface area (Å²) in [7, 11) is 3.20. The number of nitrogens with zero attached hydrogens (tertiary/aromatic N) is 1. The van der Waals surface area contributed by atoms with Crippen molar-refractivity contribution in [3.63, 3.8) is 0 Å². The molecule has 1 aromatic carbocycles. The highest BCUT2D eigenvalue weighted by molar-refractivity contribution is 6.08. The largest absolute Gasteiger partial charge is 0.497 e. The summed E-state index contributed by atoms with van der Waals surface area (Å²) in [5.41, 5.74) is 1.07. The van der Waals surface area contributed by atoms with Crippen LogP contribution in [-0.2, 0) is 9.53 Å². The van der Waals surface area contributed by atoms with E-state index in [0.29, 0.717) is 23.1 Å². The van der Waals surface area contributed by atoms with E-state index in [1.165, 1.54) is 25.7 Å². The Morgan fingerprint density at radius 2 is 1.96 bits per heavy atom. The summed E-state index contributed by atoms with van der Waals surface area (Å²) in [4.78, 5) is 16.8. The normalized spacial score (nSPS) is 24.3. The molecule has 0 radical (unpaired) electrons. The van der Waals surface area contributed by atoms with Crippen LogP contribution >= 0.6 is 0 Å². The molecule has 0 bridgehead atoms. The standard InChI is InChI=1S/C21H27NO4/c1-4-5-14-6-8-15(9-7-14)20-22-18(21(23)26-20)13-16-12-17(24-2)10-11-19(16)25-3/h10-15H,4-9H2,1-3H3/b18-13-. The number of aliphatic imine (C=N–C) groups is 1. The van der Waals surface area contributed by atoms with Gasteiger partial charge in [-0.1, -0.05) is 19.8 Å². The van der Waals surface area contributed by atoms with E-state index in [1.54, 1.807) is 20.3 Å². The summed E-state index contributed by atoms with van der Waals surface area (Å²) in [6.45, 7) is 2.23. The molecule has 0 N–H and O–H groups in total. The molecule has 3 rings (SSSR count). The number of hydrogen-bond donors (Lipinski definition) is 0. The molecule has 1 aliphatic heterocycles. The third-order valence-electron chi connectivity index (χ3n) is 5.26. The van der Waals surface area contributed by atoms with Gasteiger partial charge in [0, 0.05) is 11.5 Å². The molecule has 0 spiro atoms. The highest BCUT2D eigenvalue weighted by Crippen LogP contribution is 2.35. The molecular weight excluding hydrogens is 330 g/mol. The predicted octanol–water partition coefficient (Wildman–Crippen LogP) is 4.61. The lowest BCUT2D eigenvalue weighted by molar-refractivity contribution is -0.130. The second-order valence-electron chi connectivity index (χ2n) is 6.98. The average molecular weight is 357 g/mol. The van der Waals surface area contributed by atoms with Crippen molar-refractivity contribution in [3.05, 3.63) is 29.5 Å². The van der Waals surface area contributed by atoms with E-state index in [-0.39, 0.29) is 11.9 Å². The van der Waals surface area contributed by atoms with E-state index in [0.717, 1.165) is 24.3 Å². The van der Waals surface area contributed by atoms with Gasteiger partial charge in [-0.15, -0.1) is 0 Å². The number of rotatable bonds is 6. The van der Waals surface area contributed by atoms with Crippen molar-refractivity contribution < 1.29 is 19.0 Å². The zero-order chi connectivity index (χ0) is 18.5. The van der Waals surface area contributed by atoms with Crippen LogP contribution < -0.4 is 9.47 Å². The van der Waals surface area contributed by atoms with Crippen LogP contribution in [0.3, 0.4) is 0 Å². The van der Waals surface area contributed by atoms with E-state index >= 15 is 0 Å². The Hall–Kier alpha value is -2.30. The van der Waals surface area contributed by atoms with Crippen molar-refractivity contribution in [1.29, 1.82) is 0 Å². The molecule has 0 unspecified atom stereocenters. The van der Waals surface area contributed by atoms with Crippen LogP contribution in [0.4, 0.5) is 0 Å². The first-order valence-electron chi connectivity index (χ1n) is 9.39. The SMILES string of the molecule is CCCC1CCC(C2=N/C(=C\c3cc(OC)ccc3OC)C(=O)O2)CC1. The smallest absolute Gasteiger partial charge is 0.363 e. The van der Waals surface area contributed by atoms with Gasteiger partial charge in [0.25, 0.3) is 0 Å². The van der Waals surface area contributed by atoms with Gasteiger partial charge >= 0.3 is 5.97 Å². The second kappa shape index (κ2) is 8.39. The Balaban J connectivity index is 1.77. The van der Waals surface area contributed by atoms with Gasteiger partial charge < -0.3 is 14.2 Å². The molecule has 26 heavy (non-hydrogen) atoms. The number of carbonyl (C=O) groups excluding carboxylic acids is 1. The van der Waals surface area contributed by atoms with Crippen molar-refractivity contribution in [2.75, 3.05) is 14.2 Å². The molecule has 5 heteroatoms. The highest BCUT2D eigenvalue weighted by Gasteiger charge is 2.32. The maximum absolute atomic E-state index is 12.3. The molecule has 1 fully saturated rings. The molecule has 140 valence electrons. The van der Waals surface area contributed by atoms with Gasteiger partial charge in [-0.2, -0.15) is 0 Å². The molecule has 1 heterocycles. The minimum Gasteiger partial charge on any atom is -0.497 e. The zero-order valence-corrected chi connectivity index (χ0v) is 15.8. The second-order valence-corrected chi connectivity index (χ2v) is 6.98. The minimum atomic E-state index is -0.388. The van der Waals surface area contributed by atoms with E-state index in [1.807, 2.05) is 18.2 Å². The number of esters is 1. The van der Waals surface area contributed by atoms with E-state index in [4.69, 9.17) is 14.2 Å². The predicted molar refractivity (Wildman–Crippen MR) is 101 cm³/mol. The van der Waals surface area contributed by atoms with Crippen LogP contribution in [0.2, 0.25) is 0 Å². The summed E-state index contributed by atoms with van der Waals surface area (Å²) in [6, 6.07) is 5.45. The van der Waals surface area contributed by atoms with Crippen molar-refractivity contribution in [1.82, 2.24) is 0 Å². The third kappa shape index (κ3) is 4.09. The van der Waals surface area contributed by atoms with Crippen molar-refractivity contribution in [2.24, 2.45) is 16.8 Å². The number of benzene rings is 1. The molecule has 0 saturated heterocycles. The topological polar surface area (TPSA) is 57.1 Å². The number of methoxy groups -OCH3 is 2. The van der Waals surface area contributed by atoms with Crippen molar-refractivity contribution >= 4 is 17.9 Å². The maximum atomic E-state index is 12.3. The summed E-state index contributed by atoms with van der Waals surface area (Å²) in [6.07, 6.45) is 8.72. The first-order valence-corrected chi connectivity index (χ1v) is 9.39. The lowest BCUT2D eigenvalue weighted by Crippen LogP contribution is -2.22. The Bertz CT molecular complexity index is 715. The van der Waals surface area contributed by atoms with Gasteiger partial charge in [-0.05, 0) is 55.9 Å². The lowest BCUT2D eigenvalue weighted by Gasteiger charge is -2.27. The van der Waals surface area contributed by atoms with Gasteiger partial charge in [0.15, 0.2) is 5.70 Å². The fourth-order valence-electron chi connectivity index (χ4n) is 3.81. The van der Waals surface area contributed by atoms with Crippen LogP contribution in [0, 0.1) is 11.8 Å². The molecule has 1 aromatic rings. The highest BCUT2D eigenvalue weighted by atomic mass is 16.6. The molecule has 2 aliphatic rings. The van der Waals surface area contributed by atoms with Gasteiger partial charge in [0.1, 0.15) is 11.5 Å². The van der Waals surface area contributed by atoms with Crippen LogP contribution in [0.1, 0.15) is 51.0 Å². The van der Waals surface area contributed by atoms with E-state index < -0.39 is 0 Å². The fourth-order valence-corrected chi connectivity index (χ4v) is 3.81. The lowest BCUT2D eigenvalue weighted by atomic mass is 9.80. The third-order valence-corrected chi connectivity index (χ3v) is 5.26. The van der Waals surface area contributed by atoms with Crippen molar-refractivity contribution in [2.45, 2.75) is 45.4 Å². The quantitative estimate of drug-likeness (QED) is 0.551. The van der Waals surface area contributed by atoms with Gasteiger partial charge in [-0.3, -0.25) is 0 Å². The van der Waals surface area contributed by atoms with Crippen LogP contribution in [0.15, 0.2) is 28.9 Å². The molecule has 1 saturated carbocycles. The Morgan fingerprint density at radius 1 is 1.19 bits per heavy atom. The summed E-state index contributed by atoms with van der Waals surface area (Å²) < 4.78 is 16.1. The zero-order valence-electron chi connectivity index (χ0n) is 15.8. The number of carbonyl (C=O) groups is 1. The average Bonchev–Trinajstić information content (AvgIpc) is 3.03. The number of hydrogen-bond acceptors (Lipinski definition) is 5. The number of cyclic esters (lactones) is 1. The molecule has 0 amide bonds.